The molecule has 94 valence electrons. The maximum Gasteiger partial charge on any atom is 0.0460 e. The summed E-state index contributed by atoms with van der Waals surface area (Å²) in [6, 6.07) is 16.3. The number of para-hydroxylation sites is 1. The molecule has 0 unspecified atom stereocenters. The van der Waals surface area contributed by atoms with E-state index in [4.69, 9.17) is 11.6 Å². The molecule has 0 aliphatic heterocycles. The standard InChI is InChI=1S/C17H14ClN/c1-2-14(12-6-5-7-13(18)10-12)16-11-19-17-9-4-3-8-15(16)17/h2-11,19H,1H3/b14-2+. The number of benzene rings is 2. The van der Waals surface area contributed by atoms with Crippen molar-refractivity contribution in [2.24, 2.45) is 0 Å². The van der Waals surface area contributed by atoms with Crippen molar-refractivity contribution in [2.45, 2.75) is 6.92 Å². The average molecular weight is 268 g/mol. The second kappa shape index (κ2) is 4.94. The van der Waals surface area contributed by atoms with Crippen LogP contribution >= 0.6 is 11.6 Å². The first-order valence-corrected chi connectivity index (χ1v) is 6.66. The highest BCUT2D eigenvalue weighted by molar-refractivity contribution is 6.30. The molecule has 0 aliphatic rings. The maximum absolute atomic E-state index is 6.09. The Kier molecular flexibility index (Phi) is 3.14. The topological polar surface area (TPSA) is 15.8 Å². The van der Waals surface area contributed by atoms with E-state index in [1.165, 1.54) is 16.5 Å². The van der Waals surface area contributed by atoms with Gasteiger partial charge in [0.25, 0.3) is 0 Å². The van der Waals surface area contributed by atoms with Crippen molar-refractivity contribution in [1.29, 1.82) is 0 Å². The number of hydrogen-bond donors (Lipinski definition) is 1. The first kappa shape index (κ1) is 12.1. The van der Waals surface area contributed by atoms with Crippen LogP contribution in [-0.2, 0) is 0 Å². The van der Waals surface area contributed by atoms with Crippen molar-refractivity contribution in [3.05, 3.63) is 77.0 Å². The van der Waals surface area contributed by atoms with E-state index in [0.717, 1.165) is 16.1 Å². The molecule has 3 aromatic rings. The summed E-state index contributed by atoms with van der Waals surface area (Å²) in [6.07, 6.45) is 4.18. The molecule has 0 saturated carbocycles. The number of aromatic amines is 1. The highest BCUT2D eigenvalue weighted by atomic mass is 35.5. The lowest BCUT2D eigenvalue weighted by Gasteiger charge is -2.07. The van der Waals surface area contributed by atoms with E-state index in [-0.39, 0.29) is 0 Å². The molecule has 0 aliphatic carbocycles. The Labute approximate surface area is 117 Å². The Balaban J connectivity index is 2.18. The number of allylic oxidation sites excluding steroid dienone is 1. The van der Waals surface area contributed by atoms with E-state index in [1.807, 2.05) is 24.3 Å². The van der Waals surface area contributed by atoms with Gasteiger partial charge in [0.05, 0.1) is 0 Å². The molecule has 0 atom stereocenters. The molecule has 2 aromatic carbocycles. The number of aromatic nitrogens is 1. The quantitative estimate of drug-likeness (QED) is 0.651. The van der Waals surface area contributed by atoms with Gasteiger partial charge < -0.3 is 4.98 Å². The SMILES string of the molecule is C/C=C(\c1cccc(Cl)c1)c1c[nH]c2ccccc12. The first-order valence-electron chi connectivity index (χ1n) is 6.28. The fourth-order valence-corrected chi connectivity index (χ4v) is 2.62. The van der Waals surface area contributed by atoms with Crippen molar-refractivity contribution in [2.75, 3.05) is 0 Å². The van der Waals surface area contributed by atoms with Crippen molar-refractivity contribution < 1.29 is 0 Å². The number of halogens is 1. The molecule has 0 radical (unpaired) electrons. The third-order valence-electron chi connectivity index (χ3n) is 3.30. The van der Waals surface area contributed by atoms with Gasteiger partial charge in [-0.05, 0) is 36.3 Å². The van der Waals surface area contributed by atoms with Crippen LogP contribution in [0.5, 0.6) is 0 Å². The molecule has 3 rings (SSSR count). The maximum atomic E-state index is 6.09. The van der Waals surface area contributed by atoms with Crippen LogP contribution in [0.1, 0.15) is 18.1 Å². The molecule has 1 N–H and O–H groups in total. The smallest absolute Gasteiger partial charge is 0.0460 e. The van der Waals surface area contributed by atoms with Gasteiger partial charge in [-0.15, -0.1) is 0 Å². The summed E-state index contributed by atoms with van der Waals surface area (Å²) in [7, 11) is 0. The molecule has 0 saturated heterocycles. The van der Waals surface area contributed by atoms with Crippen LogP contribution in [0.3, 0.4) is 0 Å². The number of rotatable bonds is 2. The predicted molar refractivity (Wildman–Crippen MR) is 82.5 cm³/mol. The zero-order chi connectivity index (χ0) is 13.2. The van der Waals surface area contributed by atoms with E-state index in [0.29, 0.717) is 0 Å². The second-order valence-corrected chi connectivity index (χ2v) is 4.90. The van der Waals surface area contributed by atoms with Gasteiger partial charge in [0.1, 0.15) is 0 Å². The molecular formula is C17H14ClN. The summed E-state index contributed by atoms with van der Waals surface area (Å²) in [5.41, 5.74) is 4.69. The van der Waals surface area contributed by atoms with Crippen molar-refractivity contribution in [3.8, 4) is 0 Å². The van der Waals surface area contributed by atoms with Crippen LogP contribution < -0.4 is 0 Å². The summed E-state index contributed by atoms with van der Waals surface area (Å²) in [5, 5.41) is 1.99. The second-order valence-electron chi connectivity index (χ2n) is 4.46. The zero-order valence-corrected chi connectivity index (χ0v) is 11.4. The summed E-state index contributed by atoms with van der Waals surface area (Å²) >= 11 is 6.09. The Morgan fingerprint density at radius 3 is 2.74 bits per heavy atom. The van der Waals surface area contributed by atoms with Gasteiger partial charge in [0.15, 0.2) is 0 Å². The van der Waals surface area contributed by atoms with E-state index in [9.17, 15) is 0 Å². The molecule has 0 bridgehead atoms. The summed E-state index contributed by atoms with van der Waals surface area (Å²) in [4.78, 5) is 3.31. The third-order valence-corrected chi connectivity index (χ3v) is 3.54. The molecule has 0 spiro atoms. The highest BCUT2D eigenvalue weighted by Crippen LogP contribution is 2.30. The number of hydrogen-bond acceptors (Lipinski definition) is 0. The molecule has 1 heterocycles. The minimum Gasteiger partial charge on any atom is -0.361 e. The van der Waals surface area contributed by atoms with Gasteiger partial charge in [-0.2, -0.15) is 0 Å². The Morgan fingerprint density at radius 2 is 1.95 bits per heavy atom. The fourth-order valence-electron chi connectivity index (χ4n) is 2.43. The van der Waals surface area contributed by atoms with Crippen LogP contribution in [-0.4, -0.2) is 4.98 Å². The van der Waals surface area contributed by atoms with Crippen molar-refractivity contribution >= 4 is 28.1 Å². The lowest BCUT2D eigenvalue weighted by Crippen LogP contribution is -1.86. The van der Waals surface area contributed by atoms with Gasteiger partial charge in [-0.1, -0.05) is 48.0 Å². The van der Waals surface area contributed by atoms with E-state index < -0.39 is 0 Å². The Hall–Kier alpha value is -1.99. The minimum absolute atomic E-state index is 0.761. The van der Waals surface area contributed by atoms with Gasteiger partial charge in [0, 0.05) is 27.7 Å². The highest BCUT2D eigenvalue weighted by Gasteiger charge is 2.09. The number of H-pyrrole nitrogens is 1. The number of fused-ring (bicyclic) bond motifs is 1. The van der Waals surface area contributed by atoms with E-state index in [1.54, 1.807) is 0 Å². The zero-order valence-electron chi connectivity index (χ0n) is 10.7. The largest absolute Gasteiger partial charge is 0.361 e. The summed E-state index contributed by atoms with van der Waals surface area (Å²) in [6.45, 7) is 2.05. The lowest BCUT2D eigenvalue weighted by atomic mass is 9.97. The molecule has 2 heteroatoms. The van der Waals surface area contributed by atoms with Crippen molar-refractivity contribution in [3.63, 3.8) is 0 Å². The average Bonchev–Trinajstić information content (AvgIpc) is 2.84. The third kappa shape index (κ3) is 2.18. The van der Waals surface area contributed by atoms with Crippen LogP contribution in [0.2, 0.25) is 5.02 Å². The molecule has 1 aromatic heterocycles. The van der Waals surface area contributed by atoms with Gasteiger partial charge >= 0.3 is 0 Å². The molecule has 1 nitrogen and oxygen atoms in total. The number of nitrogens with one attached hydrogen (secondary N) is 1. The Bertz CT molecular complexity index is 753. The van der Waals surface area contributed by atoms with E-state index >= 15 is 0 Å². The van der Waals surface area contributed by atoms with Crippen molar-refractivity contribution in [1.82, 2.24) is 4.98 Å². The predicted octanol–water partition coefficient (Wildman–Crippen LogP) is 5.27. The molecule has 0 amide bonds. The minimum atomic E-state index is 0.761. The first-order chi connectivity index (χ1) is 9.29. The summed E-state index contributed by atoms with van der Waals surface area (Å²) in [5.74, 6) is 0. The summed E-state index contributed by atoms with van der Waals surface area (Å²) < 4.78 is 0. The molecule has 19 heavy (non-hydrogen) atoms. The fraction of sp³-hybridized carbons (Fsp3) is 0.0588. The van der Waals surface area contributed by atoms with Crippen LogP contribution in [0.4, 0.5) is 0 Å². The van der Waals surface area contributed by atoms with Crippen LogP contribution in [0.15, 0.2) is 60.8 Å². The molecule has 0 fully saturated rings. The normalized spacial score (nSPS) is 12.0. The van der Waals surface area contributed by atoms with Gasteiger partial charge in [-0.25, -0.2) is 0 Å². The van der Waals surface area contributed by atoms with Gasteiger partial charge in [-0.3, -0.25) is 0 Å². The van der Waals surface area contributed by atoms with E-state index in [2.05, 4.69) is 48.4 Å². The lowest BCUT2D eigenvalue weighted by molar-refractivity contribution is 1.45. The Morgan fingerprint density at radius 1 is 1.11 bits per heavy atom. The van der Waals surface area contributed by atoms with Crippen LogP contribution in [0, 0.1) is 0 Å². The van der Waals surface area contributed by atoms with Gasteiger partial charge in [0.2, 0.25) is 0 Å². The van der Waals surface area contributed by atoms with Crippen LogP contribution in [0.25, 0.3) is 16.5 Å². The monoisotopic (exact) mass is 267 g/mol. The molecular weight excluding hydrogens is 254 g/mol.